The Kier molecular flexibility index (Phi) is 23.7. The fourth-order valence-electron chi connectivity index (χ4n) is 4.42. The largest absolute Gasteiger partial charge is 0.465 e. The summed E-state index contributed by atoms with van der Waals surface area (Å²) < 4.78 is 5.77. The van der Waals surface area contributed by atoms with E-state index < -0.39 is 0 Å². The van der Waals surface area contributed by atoms with Crippen molar-refractivity contribution < 1.29 is 9.53 Å². The zero-order valence-electron chi connectivity index (χ0n) is 22.0. The predicted molar refractivity (Wildman–Crippen MR) is 138 cm³/mol. The normalized spacial score (nSPS) is 13.3. The molecular weight excluding hydrogens is 380 g/mol. The lowest BCUT2D eigenvalue weighted by Gasteiger charge is -2.19. The van der Waals surface area contributed by atoms with Gasteiger partial charge in [0.25, 0.3) is 0 Å². The van der Waals surface area contributed by atoms with Crippen molar-refractivity contribution in [1.82, 2.24) is 0 Å². The van der Waals surface area contributed by atoms with E-state index in [0.29, 0.717) is 12.5 Å². The summed E-state index contributed by atoms with van der Waals surface area (Å²) in [6.45, 7) is 9.43. The molecule has 0 rings (SSSR count). The number of carbonyl (C=O) groups is 1. The fraction of sp³-hybridized carbons (Fsp3) is 0.966. The molecule has 0 spiro atoms. The topological polar surface area (TPSA) is 26.3 Å². The van der Waals surface area contributed by atoms with Gasteiger partial charge in [0.05, 0.1) is 12.5 Å². The maximum absolute atomic E-state index is 12.3. The van der Waals surface area contributed by atoms with Crippen LogP contribution in [0.25, 0.3) is 0 Å². The highest BCUT2D eigenvalue weighted by Gasteiger charge is 2.17. The maximum atomic E-state index is 12.3. The fourth-order valence-corrected chi connectivity index (χ4v) is 4.42. The van der Waals surface area contributed by atoms with Gasteiger partial charge in [-0.3, -0.25) is 4.79 Å². The summed E-state index contributed by atoms with van der Waals surface area (Å²) >= 11 is 0. The summed E-state index contributed by atoms with van der Waals surface area (Å²) in [5.41, 5.74) is 0. The number of carbonyl (C=O) groups excluding carboxylic acids is 1. The van der Waals surface area contributed by atoms with Crippen molar-refractivity contribution in [2.75, 3.05) is 6.61 Å². The second kappa shape index (κ2) is 24.1. The van der Waals surface area contributed by atoms with Crippen LogP contribution in [-0.2, 0) is 9.53 Å². The Morgan fingerprint density at radius 1 is 0.548 bits per heavy atom. The SMILES string of the molecule is CCCCCCCCCCCC(CCCCCCCCC)COC(=O)C(C)CCCC. The first-order valence-electron chi connectivity index (χ1n) is 14.3. The van der Waals surface area contributed by atoms with Crippen molar-refractivity contribution >= 4 is 5.97 Å². The lowest BCUT2D eigenvalue weighted by molar-refractivity contribution is -0.149. The van der Waals surface area contributed by atoms with Crippen molar-refractivity contribution in [3.63, 3.8) is 0 Å². The van der Waals surface area contributed by atoms with Crippen molar-refractivity contribution in [1.29, 1.82) is 0 Å². The van der Waals surface area contributed by atoms with E-state index in [1.807, 2.05) is 6.92 Å². The lowest BCUT2D eigenvalue weighted by Crippen LogP contribution is -2.19. The van der Waals surface area contributed by atoms with E-state index in [9.17, 15) is 4.79 Å². The number of hydrogen-bond donors (Lipinski definition) is 0. The van der Waals surface area contributed by atoms with Gasteiger partial charge in [-0.2, -0.15) is 0 Å². The minimum atomic E-state index is 0.0325. The average molecular weight is 439 g/mol. The highest BCUT2D eigenvalue weighted by atomic mass is 16.5. The third-order valence-corrected chi connectivity index (χ3v) is 6.79. The molecule has 2 atom stereocenters. The first-order valence-corrected chi connectivity index (χ1v) is 14.3. The molecule has 0 saturated heterocycles. The second-order valence-corrected chi connectivity index (χ2v) is 10.1. The van der Waals surface area contributed by atoms with Crippen LogP contribution in [0.15, 0.2) is 0 Å². The van der Waals surface area contributed by atoms with E-state index in [2.05, 4.69) is 20.8 Å². The summed E-state index contributed by atoms with van der Waals surface area (Å²) in [6, 6.07) is 0. The molecule has 0 aliphatic rings. The minimum Gasteiger partial charge on any atom is -0.465 e. The lowest BCUT2D eigenvalue weighted by atomic mass is 9.94. The molecule has 0 N–H and O–H groups in total. The molecule has 0 amide bonds. The molecule has 0 aliphatic carbocycles. The molecule has 0 aromatic rings. The van der Waals surface area contributed by atoms with Crippen LogP contribution >= 0.6 is 0 Å². The third-order valence-electron chi connectivity index (χ3n) is 6.79. The van der Waals surface area contributed by atoms with Gasteiger partial charge in [0, 0.05) is 0 Å². The van der Waals surface area contributed by atoms with Gasteiger partial charge in [-0.1, -0.05) is 143 Å². The van der Waals surface area contributed by atoms with Gasteiger partial charge in [-0.25, -0.2) is 0 Å². The molecule has 0 aromatic heterocycles. The number of ether oxygens (including phenoxy) is 1. The summed E-state index contributed by atoms with van der Waals surface area (Å²) in [6.07, 6.45) is 27.6. The summed E-state index contributed by atoms with van der Waals surface area (Å²) in [5, 5.41) is 0. The smallest absolute Gasteiger partial charge is 0.308 e. The van der Waals surface area contributed by atoms with Gasteiger partial charge in [-0.15, -0.1) is 0 Å². The van der Waals surface area contributed by atoms with Crippen LogP contribution in [0, 0.1) is 11.8 Å². The molecule has 0 saturated carbocycles. The van der Waals surface area contributed by atoms with Crippen molar-refractivity contribution in [2.24, 2.45) is 11.8 Å². The van der Waals surface area contributed by atoms with E-state index in [4.69, 9.17) is 4.74 Å². The van der Waals surface area contributed by atoms with Gasteiger partial charge >= 0.3 is 5.97 Å². The van der Waals surface area contributed by atoms with Gasteiger partial charge < -0.3 is 4.74 Å². The average Bonchev–Trinajstić information content (AvgIpc) is 2.78. The predicted octanol–water partition coefficient (Wildman–Crippen LogP) is 10.0. The molecular formula is C29H58O2. The Hall–Kier alpha value is -0.530. The zero-order chi connectivity index (χ0) is 23.0. The molecule has 2 nitrogen and oxygen atoms in total. The Morgan fingerprint density at radius 3 is 1.35 bits per heavy atom. The van der Waals surface area contributed by atoms with Gasteiger partial charge in [0.2, 0.25) is 0 Å². The highest BCUT2D eigenvalue weighted by molar-refractivity contribution is 5.71. The quantitative estimate of drug-likeness (QED) is 0.111. The zero-order valence-corrected chi connectivity index (χ0v) is 22.0. The van der Waals surface area contributed by atoms with Crippen molar-refractivity contribution in [2.45, 2.75) is 163 Å². The number of hydrogen-bond acceptors (Lipinski definition) is 2. The Labute approximate surface area is 196 Å². The molecule has 186 valence electrons. The minimum absolute atomic E-state index is 0.0325. The first-order chi connectivity index (χ1) is 15.2. The number of unbranched alkanes of at least 4 members (excludes halogenated alkanes) is 15. The van der Waals surface area contributed by atoms with E-state index in [-0.39, 0.29) is 11.9 Å². The van der Waals surface area contributed by atoms with E-state index >= 15 is 0 Å². The van der Waals surface area contributed by atoms with Crippen molar-refractivity contribution in [3.8, 4) is 0 Å². The molecule has 0 aliphatic heterocycles. The summed E-state index contributed by atoms with van der Waals surface area (Å²) in [4.78, 5) is 12.3. The van der Waals surface area contributed by atoms with Crippen LogP contribution in [0.3, 0.4) is 0 Å². The van der Waals surface area contributed by atoms with Crippen molar-refractivity contribution in [3.05, 3.63) is 0 Å². The van der Waals surface area contributed by atoms with Crippen LogP contribution in [0.5, 0.6) is 0 Å². The molecule has 31 heavy (non-hydrogen) atoms. The Bertz CT molecular complexity index is 366. The van der Waals surface area contributed by atoms with Gasteiger partial charge in [0.15, 0.2) is 0 Å². The molecule has 0 heterocycles. The molecule has 2 heteroatoms. The number of esters is 1. The van der Waals surface area contributed by atoms with Crippen LogP contribution in [0.2, 0.25) is 0 Å². The van der Waals surface area contributed by atoms with Crippen LogP contribution < -0.4 is 0 Å². The van der Waals surface area contributed by atoms with E-state index in [0.717, 1.165) is 19.3 Å². The van der Waals surface area contributed by atoms with Crippen LogP contribution in [0.4, 0.5) is 0 Å². The highest BCUT2D eigenvalue weighted by Crippen LogP contribution is 2.21. The Balaban J connectivity index is 4.08. The Morgan fingerprint density at radius 2 is 0.935 bits per heavy atom. The summed E-state index contributed by atoms with van der Waals surface area (Å²) in [5.74, 6) is 0.666. The first kappa shape index (κ1) is 30.5. The van der Waals surface area contributed by atoms with Gasteiger partial charge in [0.1, 0.15) is 0 Å². The summed E-state index contributed by atoms with van der Waals surface area (Å²) in [7, 11) is 0. The molecule has 0 fully saturated rings. The van der Waals surface area contributed by atoms with E-state index in [1.54, 1.807) is 0 Å². The number of rotatable bonds is 24. The molecule has 0 bridgehead atoms. The van der Waals surface area contributed by atoms with Gasteiger partial charge in [-0.05, 0) is 25.2 Å². The van der Waals surface area contributed by atoms with Crippen LogP contribution in [-0.4, -0.2) is 12.6 Å². The maximum Gasteiger partial charge on any atom is 0.308 e. The molecule has 2 unspecified atom stereocenters. The van der Waals surface area contributed by atoms with E-state index in [1.165, 1.54) is 116 Å². The molecule has 0 aromatic carbocycles. The monoisotopic (exact) mass is 438 g/mol. The third kappa shape index (κ3) is 21.1. The molecule has 0 radical (unpaired) electrons. The second-order valence-electron chi connectivity index (χ2n) is 10.1. The standard InChI is InChI=1S/C29H58O2/c1-5-8-11-13-15-16-18-20-22-25-28(24-21-19-17-14-12-9-6-2)26-31-29(30)27(4)23-10-7-3/h27-28H,5-26H2,1-4H3. The van der Waals surface area contributed by atoms with Crippen LogP contribution in [0.1, 0.15) is 163 Å².